The van der Waals surface area contributed by atoms with Gasteiger partial charge in [-0.05, 0) is 49.6 Å². The van der Waals surface area contributed by atoms with Crippen LogP contribution in [0.2, 0.25) is 0 Å². The summed E-state index contributed by atoms with van der Waals surface area (Å²) in [5.74, 6) is -0.632. The lowest BCUT2D eigenvalue weighted by molar-refractivity contribution is -0.121. The number of carbonyl (C=O) groups is 2. The first-order valence-electron chi connectivity index (χ1n) is 6.75. The lowest BCUT2D eigenvalue weighted by Crippen LogP contribution is -2.42. The van der Waals surface area contributed by atoms with E-state index in [-0.39, 0.29) is 23.4 Å². The monoisotopic (exact) mass is 295 g/mol. The van der Waals surface area contributed by atoms with Crippen molar-refractivity contribution in [3.8, 4) is 0 Å². The summed E-state index contributed by atoms with van der Waals surface area (Å²) in [4.78, 5) is 23.6. The number of aromatic nitrogens is 1. The number of nitrogens with two attached hydrogens (primary N) is 1. The number of aryl methyl sites for hydroxylation is 1. The molecule has 1 amide bonds. The number of amides is 1. The average Bonchev–Trinajstić information content (AvgIpc) is 3.03. The summed E-state index contributed by atoms with van der Waals surface area (Å²) in [6, 6.07) is -0.101. The van der Waals surface area contributed by atoms with Gasteiger partial charge in [-0.15, -0.1) is 0 Å². The minimum Gasteiger partial charge on any atom is -0.478 e. The van der Waals surface area contributed by atoms with Gasteiger partial charge in [0.25, 0.3) is 0 Å². The van der Waals surface area contributed by atoms with Gasteiger partial charge in [0.15, 0.2) is 0 Å². The number of nitrogens with one attached hydrogen (secondary N) is 1. The van der Waals surface area contributed by atoms with E-state index < -0.39 is 5.97 Å². The molecule has 20 heavy (non-hydrogen) atoms. The molecule has 0 aromatic carbocycles. The molecule has 108 valence electrons. The molecule has 0 spiro atoms. The van der Waals surface area contributed by atoms with E-state index in [0.717, 1.165) is 30.8 Å². The van der Waals surface area contributed by atoms with Crippen molar-refractivity contribution in [2.45, 2.75) is 32.2 Å². The zero-order valence-corrected chi connectivity index (χ0v) is 11.9. The topological polar surface area (TPSA) is 105 Å². The van der Waals surface area contributed by atoms with Crippen LogP contribution in [-0.2, 0) is 4.79 Å². The van der Waals surface area contributed by atoms with Crippen molar-refractivity contribution in [2.24, 2.45) is 23.5 Å². The highest BCUT2D eigenvalue weighted by atomic mass is 32.1. The van der Waals surface area contributed by atoms with Gasteiger partial charge in [-0.2, -0.15) is 4.37 Å². The third-order valence-electron chi connectivity index (χ3n) is 4.60. The van der Waals surface area contributed by atoms with Gasteiger partial charge < -0.3 is 16.2 Å². The molecule has 6 nitrogen and oxygen atoms in total. The number of hydrogen-bond acceptors (Lipinski definition) is 5. The molecule has 4 atom stereocenters. The van der Waals surface area contributed by atoms with Gasteiger partial charge in [-0.3, -0.25) is 4.79 Å². The van der Waals surface area contributed by atoms with Gasteiger partial charge in [0.2, 0.25) is 5.91 Å². The molecule has 2 fully saturated rings. The molecular weight excluding hydrogens is 278 g/mol. The Kier molecular flexibility index (Phi) is 3.25. The summed E-state index contributed by atoms with van der Waals surface area (Å²) in [6.45, 7) is 1.62. The van der Waals surface area contributed by atoms with Crippen LogP contribution < -0.4 is 11.1 Å². The zero-order valence-electron chi connectivity index (χ0n) is 11.1. The normalized spacial score (nSPS) is 31.5. The average molecular weight is 295 g/mol. The molecular formula is C13H17N3O3S. The van der Waals surface area contributed by atoms with E-state index in [9.17, 15) is 9.59 Å². The Balaban J connectivity index is 1.79. The van der Waals surface area contributed by atoms with Crippen LogP contribution in [0.25, 0.3) is 0 Å². The molecule has 0 saturated heterocycles. The minimum absolute atomic E-state index is 0.0834. The molecule has 3 rings (SSSR count). The number of fused-ring (bicyclic) bond motifs is 2. The number of anilines is 1. The number of rotatable bonds is 3. The van der Waals surface area contributed by atoms with Gasteiger partial charge >= 0.3 is 5.97 Å². The Morgan fingerprint density at radius 1 is 1.40 bits per heavy atom. The van der Waals surface area contributed by atoms with E-state index in [2.05, 4.69) is 9.69 Å². The smallest absolute Gasteiger partial charge is 0.340 e. The summed E-state index contributed by atoms with van der Waals surface area (Å²) in [5, 5.41) is 12.2. The van der Waals surface area contributed by atoms with Crippen molar-refractivity contribution in [2.75, 3.05) is 5.32 Å². The van der Waals surface area contributed by atoms with Crippen LogP contribution in [0.15, 0.2) is 0 Å². The molecule has 4 unspecified atom stereocenters. The lowest BCUT2D eigenvalue weighted by atomic mass is 9.84. The molecule has 2 saturated carbocycles. The number of hydrogen-bond donors (Lipinski definition) is 3. The second-order valence-corrected chi connectivity index (χ2v) is 6.48. The quantitative estimate of drug-likeness (QED) is 0.783. The Bertz CT molecular complexity index is 569. The van der Waals surface area contributed by atoms with Gasteiger partial charge in [-0.25, -0.2) is 4.79 Å². The van der Waals surface area contributed by atoms with Crippen molar-refractivity contribution in [1.82, 2.24) is 4.37 Å². The molecule has 1 heterocycles. The fourth-order valence-corrected chi connectivity index (χ4v) is 4.42. The van der Waals surface area contributed by atoms with Crippen LogP contribution in [0.4, 0.5) is 5.00 Å². The Labute approximate surface area is 120 Å². The van der Waals surface area contributed by atoms with E-state index in [1.807, 2.05) is 0 Å². The fourth-order valence-electron chi connectivity index (χ4n) is 3.63. The first-order chi connectivity index (χ1) is 9.49. The molecule has 2 bridgehead atoms. The number of aromatic carboxylic acids is 1. The largest absolute Gasteiger partial charge is 0.478 e. The van der Waals surface area contributed by atoms with Crippen LogP contribution in [0, 0.1) is 24.7 Å². The third-order valence-corrected chi connectivity index (χ3v) is 5.45. The maximum Gasteiger partial charge on any atom is 0.340 e. The summed E-state index contributed by atoms with van der Waals surface area (Å²) >= 11 is 1.01. The highest BCUT2D eigenvalue weighted by molar-refractivity contribution is 7.11. The number of carbonyl (C=O) groups excluding carboxylic acids is 1. The van der Waals surface area contributed by atoms with Gasteiger partial charge in [0.1, 0.15) is 10.6 Å². The highest BCUT2D eigenvalue weighted by Gasteiger charge is 2.49. The lowest BCUT2D eigenvalue weighted by Gasteiger charge is -2.26. The van der Waals surface area contributed by atoms with Crippen molar-refractivity contribution >= 4 is 28.4 Å². The van der Waals surface area contributed by atoms with Crippen LogP contribution in [0.1, 0.15) is 35.3 Å². The van der Waals surface area contributed by atoms with Gasteiger partial charge in [-0.1, -0.05) is 0 Å². The minimum atomic E-state index is -1.07. The molecule has 2 aliphatic rings. The zero-order chi connectivity index (χ0) is 14.4. The van der Waals surface area contributed by atoms with Gasteiger partial charge in [0, 0.05) is 6.04 Å². The van der Waals surface area contributed by atoms with E-state index in [1.165, 1.54) is 0 Å². The summed E-state index contributed by atoms with van der Waals surface area (Å²) in [5.41, 5.74) is 6.64. The predicted molar refractivity (Wildman–Crippen MR) is 74.7 cm³/mol. The number of nitrogens with zero attached hydrogens (tertiary/aromatic N) is 1. The molecule has 2 aliphatic carbocycles. The van der Waals surface area contributed by atoms with Crippen molar-refractivity contribution in [3.05, 3.63) is 11.3 Å². The second-order valence-electron chi connectivity index (χ2n) is 5.70. The van der Waals surface area contributed by atoms with Crippen LogP contribution >= 0.6 is 11.5 Å². The van der Waals surface area contributed by atoms with Crippen molar-refractivity contribution in [3.63, 3.8) is 0 Å². The first-order valence-corrected chi connectivity index (χ1v) is 7.52. The van der Waals surface area contributed by atoms with Crippen LogP contribution in [-0.4, -0.2) is 27.4 Å². The van der Waals surface area contributed by atoms with Gasteiger partial charge in [0.05, 0.1) is 11.6 Å². The Morgan fingerprint density at radius 3 is 2.70 bits per heavy atom. The molecule has 1 aromatic heterocycles. The first kappa shape index (κ1) is 13.5. The van der Waals surface area contributed by atoms with Crippen LogP contribution in [0.5, 0.6) is 0 Å². The standard InChI is InChI=1S/C13H17N3O3S/c1-5-8(13(18)19)12(20-16-5)15-11(17)9-6-2-3-7(4-6)10(9)14/h6-7,9-10H,2-4,14H2,1H3,(H,15,17)(H,18,19). The second kappa shape index (κ2) is 4.82. The molecule has 7 heteroatoms. The summed E-state index contributed by atoms with van der Waals surface area (Å²) in [6.07, 6.45) is 3.17. The third kappa shape index (κ3) is 2.01. The van der Waals surface area contributed by atoms with Crippen molar-refractivity contribution in [1.29, 1.82) is 0 Å². The maximum atomic E-state index is 12.4. The Hall–Kier alpha value is -1.47. The predicted octanol–water partition coefficient (Wildman–Crippen LogP) is 1.46. The van der Waals surface area contributed by atoms with E-state index in [0.29, 0.717) is 22.5 Å². The molecule has 0 aliphatic heterocycles. The fraction of sp³-hybridized carbons (Fsp3) is 0.615. The summed E-state index contributed by atoms with van der Waals surface area (Å²) < 4.78 is 4.00. The van der Waals surface area contributed by atoms with Crippen molar-refractivity contribution < 1.29 is 14.7 Å². The molecule has 4 N–H and O–H groups in total. The summed E-state index contributed by atoms with van der Waals surface area (Å²) in [7, 11) is 0. The number of carboxylic acid groups (broad SMARTS) is 1. The highest BCUT2D eigenvalue weighted by Crippen LogP contribution is 2.48. The van der Waals surface area contributed by atoms with Crippen LogP contribution in [0.3, 0.4) is 0 Å². The SMILES string of the molecule is Cc1nsc(NC(=O)C2C3CCC(C3)C2N)c1C(=O)O. The van der Waals surface area contributed by atoms with E-state index in [1.54, 1.807) is 6.92 Å². The molecule has 1 aromatic rings. The Morgan fingerprint density at radius 2 is 2.10 bits per heavy atom. The van der Waals surface area contributed by atoms with E-state index in [4.69, 9.17) is 10.8 Å². The maximum absolute atomic E-state index is 12.4. The van der Waals surface area contributed by atoms with E-state index >= 15 is 0 Å². The molecule has 0 radical (unpaired) electrons. The number of carboxylic acids is 1.